The number of fused-ring (bicyclic) bond motifs is 4. The van der Waals surface area contributed by atoms with Gasteiger partial charge in [0.15, 0.2) is 11.3 Å². The van der Waals surface area contributed by atoms with Crippen LogP contribution in [0.3, 0.4) is 0 Å². The van der Waals surface area contributed by atoms with Gasteiger partial charge in [-0.05, 0) is 24.3 Å². The molecule has 0 atom stereocenters. The van der Waals surface area contributed by atoms with Crippen LogP contribution in [-0.2, 0) is 14.3 Å². The van der Waals surface area contributed by atoms with E-state index in [9.17, 15) is 9.59 Å². The van der Waals surface area contributed by atoms with Crippen molar-refractivity contribution in [2.45, 2.75) is 6.42 Å². The molecule has 0 aliphatic carbocycles. The van der Waals surface area contributed by atoms with Crippen LogP contribution in [0.4, 0.5) is 11.6 Å². The minimum absolute atomic E-state index is 0.101. The molecule has 0 saturated carbocycles. The van der Waals surface area contributed by atoms with Gasteiger partial charge in [-0.3, -0.25) is 9.59 Å². The number of morpholine rings is 1. The molecule has 3 heterocycles. The summed E-state index contributed by atoms with van der Waals surface area (Å²) in [6.07, 6.45) is 0.321. The number of amides is 1. The van der Waals surface area contributed by atoms with Crippen LogP contribution in [0.5, 0.6) is 0 Å². The Kier molecular flexibility index (Phi) is 7.50. The van der Waals surface area contributed by atoms with Gasteiger partial charge in [-0.1, -0.05) is 30.3 Å². The van der Waals surface area contributed by atoms with Gasteiger partial charge >= 0.3 is 0 Å². The second kappa shape index (κ2) is 11.5. The molecule has 1 aliphatic rings. The van der Waals surface area contributed by atoms with Gasteiger partial charge in [0.05, 0.1) is 36.3 Å². The van der Waals surface area contributed by atoms with Crippen molar-refractivity contribution < 1.29 is 23.1 Å². The van der Waals surface area contributed by atoms with Crippen molar-refractivity contribution in [3.63, 3.8) is 0 Å². The van der Waals surface area contributed by atoms with Crippen LogP contribution in [0, 0.1) is 0 Å². The molecule has 206 valence electrons. The lowest BCUT2D eigenvalue weighted by Crippen LogP contribution is -2.36. The first kappa shape index (κ1) is 26.1. The number of carbonyl (C=O) groups is 1. The van der Waals surface area contributed by atoms with Crippen molar-refractivity contribution in [1.82, 2.24) is 5.32 Å². The molecule has 6 rings (SSSR count). The van der Waals surface area contributed by atoms with Crippen molar-refractivity contribution in [1.29, 1.82) is 0 Å². The number of hydrogen-bond acceptors (Lipinski definition) is 8. The molecule has 0 spiro atoms. The second-order valence-electron chi connectivity index (χ2n) is 9.73. The topological polar surface area (TPSA) is 106 Å². The molecule has 1 fully saturated rings. The number of para-hydroxylation sites is 2. The summed E-state index contributed by atoms with van der Waals surface area (Å²) in [5.74, 6) is 0.424. The van der Waals surface area contributed by atoms with E-state index in [1.807, 2.05) is 53.4 Å². The zero-order chi connectivity index (χ0) is 27.5. The minimum Gasteiger partial charge on any atom is -0.455 e. The maximum atomic E-state index is 13.1. The second-order valence-corrected chi connectivity index (χ2v) is 9.73. The number of methoxy groups -OCH3 is 1. The first-order valence-electron chi connectivity index (χ1n) is 13.5. The number of hydrogen-bond donors (Lipinski definition) is 2. The number of benzene rings is 3. The van der Waals surface area contributed by atoms with E-state index >= 15 is 0 Å². The first-order valence-corrected chi connectivity index (χ1v) is 13.5. The van der Waals surface area contributed by atoms with Crippen LogP contribution in [0.25, 0.3) is 44.0 Å². The zero-order valence-electron chi connectivity index (χ0n) is 22.3. The molecule has 0 unspecified atom stereocenters. The smallest absolute Gasteiger partial charge is 0.225 e. The molecule has 1 amide bonds. The van der Waals surface area contributed by atoms with Crippen molar-refractivity contribution in [3.05, 3.63) is 70.9 Å². The van der Waals surface area contributed by atoms with Crippen LogP contribution >= 0.6 is 0 Å². The molecule has 2 aromatic heterocycles. The Labute approximate surface area is 230 Å². The number of ether oxygens (including phenoxy) is 2. The Hall–Kier alpha value is -4.18. The molecule has 2 N–H and O–H groups in total. The molecule has 5 aromatic rings. The third-order valence-corrected chi connectivity index (χ3v) is 7.17. The molecular formula is C31H31N3O6. The number of nitrogens with zero attached hydrogens (tertiary/aromatic N) is 1. The van der Waals surface area contributed by atoms with E-state index in [-0.39, 0.29) is 11.3 Å². The highest BCUT2D eigenvalue weighted by atomic mass is 16.5. The van der Waals surface area contributed by atoms with Crippen LogP contribution in [-0.4, -0.2) is 59.0 Å². The number of furan rings is 1. The largest absolute Gasteiger partial charge is 0.455 e. The van der Waals surface area contributed by atoms with E-state index in [1.165, 1.54) is 0 Å². The quantitative estimate of drug-likeness (QED) is 0.257. The average Bonchev–Trinajstić information content (AvgIpc) is 3.38. The van der Waals surface area contributed by atoms with Gasteiger partial charge in [-0.2, -0.15) is 0 Å². The Morgan fingerprint density at radius 3 is 2.58 bits per heavy atom. The van der Waals surface area contributed by atoms with Gasteiger partial charge in [0, 0.05) is 62.3 Å². The predicted molar refractivity (Wildman–Crippen MR) is 156 cm³/mol. The van der Waals surface area contributed by atoms with E-state index in [0.717, 1.165) is 21.9 Å². The van der Waals surface area contributed by atoms with Crippen molar-refractivity contribution in [2.75, 3.05) is 63.3 Å². The lowest BCUT2D eigenvalue weighted by Gasteiger charge is -2.27. The molecule has 0 bridgehead atoms. The van der Waals surface area contributed by atoms with Gasteiger partial charge < -0.3 is 33.8 Å². The number of anilines is 2. The standard InChI is InChI=1S/C31H31N3O6/c1-37-16-13-32-12-11-27(36)33-24-10-9-21(31-29(24)23-5-2-3-8-26(23)39-31)20-6-4-7-22-25(35)19-28(40-30(20)22)34-14-17-38-18-15-34/h2-10,19,32H,11-18H2,1H3,(H,33,36). The molecule has 1 saturated heterocycles. The molecule has 9 nitrogen and oxygen atoms in total. The maximum Gasteiger partial charge on any atom is 0.225 e. The normalized spacial score (nSPS) is 13.9. The van der Waals surface area contributed by atoms with Crippen molar-refractivity contribution in [3.8, 4) is 11.1 Å². The van der Waals surface area contributed by atoms with Gasteiger partial charge in [-0.25, -0.2) is 0 Å². The summed E-state index contributed by atoms with van der Waals surface area (Å²) in [4.78, 5) is 28.0. The third-order valence-electron chi connectivity index (χ3n) is 7.17. The maximum absolute atomic E-state index is 13.1. The highest BCUT2D eigenvalue weighted by molar-refractivity contribution is 6.18. The number of carbonyl (C=O) groups excluding carboxylic acids is 1. The molecular weight excluding hydrogens is 510 g/mol. The average molecular weight is 542 g/mol. The van der Waals surface area contributed by atoms with E-state index in [4.69, 9.17) is 18.3 Å². The van der Waals surface area contributed by atoms with Crippen LogP contribution < -0.4 is 21.0 Å². The summed E-state index contributed by atoms with van der Waals surface area (Å²) in [7, 11) is 1.65. The third kappa shape index (κ3) is 5.06. The van der Waals surface area contributed by atoms with Gasteiger partial charge in [0.25, 0.3) is 0 Å². The predicted octanol–water partition coefficient (Wildman–Crippen LogP) is 4.76. The lowest BCUT2D eigenvalue weighted by atomic mass is 9.99. The Balaban J connectivity index is 1.44. The van der Waals surface area contributed by atoms with E-state index in [1.54, 1.807) is 19.2 Å². The number of rotatable bonds is 9. The molecule has 40 heavy (non-hydrogen) atoms. The minimum atomic E-state index is -0.103. The molecule has 0 radical (unpaired) electrons. The summed E-state index contributed by atoms with van der Waals surface area (Å²) >= 11 is 0. The monoisotopic (exact) mass is 541 g/mol. The fourth-order valence-electron chi connectivity index (χ4n) is 5.17. The highest BCUT2D eigenvalue weighted by Gasteiger charge is 2.21. The van der Waals surface area contributed by atoms with Crippen molar-refractivity contribution in [2.24, 2.45) is 0 Å². The lowest BCUT2D eigenvalue weighted by molar-refractivity contribution is -0.116. The Morgan fingerprint density at radius 2 is 1.73 bits per heavy atom. The summed E-state index contributed by atoms with van der Waals surface area (Å²) in [5.41, 5.74) is 3.90. The molecule has 1 aliphatic heterocycles. The first-order chi connectivity index (χ1) is 19.6. The SMILES string of the molecule is COCCNCCC(=O)Nc1ccc(-c2cccc3c(=O)cc(N4CCOCC4)oc23)c2oc3ccccc3c12. The molecule has 3 aromatic carbocycles. The highest BCUT2D eigenvalue weighted by Crippen LogP contribution is 2.42. The fourth-order valence-corrected chi connectivity index (χ4v) is 5.17. The summed E-state index contributed by atoms with van der Waals surface area (Å²) in [6.45, 7) is 4.29. The zero-order valence-corrected chi connectivity index (χ0v) is 22.3. The van der Waals surface area contributed by atoms with Gasteiger partial charge in [0.2, 0.25) is 5.91 Å². The van der Waals surface area contributed by atoms with E-state index in [2.05, 4.69) is 10.6 Å². The summed E-state index contributed by atoms with van der Waals surface area (Å²) < 4.78 is 23.3. The summed E-state index contributed by atoms with van der Waals surface area (Å²) in [6, 6.07) is 18.7. The van der Waals surface area contributed by atoms with Crippen LogP contribution in [0.2, 0.25) is 0 Å². The Bertz CT molecular complexity index is 1730. The van der Waals surface area contributed by atoms with E-state index in [0.29, 0.717) is 86.1 Å². The Morgan fingerprint density at radius 1 is 0.925 bits per heavy atom. The van der Waals surface area contributed by atoms with E-state index < -0.39 is 0 Å². The van der Waals surface area contributed by atoms with Crippen LogP contribution in [0.1, 0.15) is 6.42 Å². The van der Waals surface area contributed by atoms with Gasteiger partial charge in [0.1, 0.15) is 16.7 Å². The summed E-state index contributed by atoms with van der Waals surface area (Å²) in [5, 5.41) is 8.46. The van der Waals surface area contributed by atoms with Crippen LogP contribution in [0.15, 0.2) is 74.3 Å². The van der Waals surface area contributed by atoms with Gasteiger partial charge in [-0.15, -0.1) is 0 Å². The fraction of sp³-hybridized carbons (Fsp3) is 0.290. The molecule has 9 heteroatoms. The number of nitrogens with one attached hydrogen (secondary N) is 2. The van der Waals surface area contributed by atoms with Crippen molar-refractivity contribution >= 4 is 50.4 Å².